The summed E-state index contributed by atoms with van der Waals surface area (Å²) in [6.07, 6.45) is 7.64. The first-order valence-electron chi connectivity index (χ1n) is 7.26. The van der Waals surface area contributed by atoms with Crippen molar-refractivity contribution in [3.8, 4) is 0 Å². The van der Waals surface area contributed by atoms with E-state index in [4.69, 9.17) is 0 Å². The van der Waals surface area contributed by atoms with Crippen LogP contribution in [0.4, 0.5) is 4.39 Å². The molecular weight excluding hydrogens is 225 g/mol. The van der Waals surface area contributed by atoms with Gasteiger partial charge in [0, 0.05) is 6.04 Å². The van der Waals surface area contributed by atoms with Gasteiger partial charge in [-0.25, -0.2) is 4.39 Å². The highest BCUT2D eigenvalue weighted by Crippen LogP contribution is 2.20. The van der Waals surface area contributed by atoms with Gasteiger partial charge in [0.25, 0.3) is 0 Å². The molecule has 0 aromatic heterocycles. The summed E-state index contributed by atoms with van der Waals surface area (Å²) in [5, 5.41) is 3.49. The van der Waals surface area contributed by atoms with Gasteiger partial charge >= 0.3 is 0 Å². The van der Waals surface area contributed by atoms with Crippen molar-refractivity contribution in [1.29, 1.82) is 0 Å². The number of benzene rings is 1. The Hall–Kier alpha value is -0.890. The molecule has 1 N–H and O–H groups in total. The van der Waals surface area contributed by atoms with E-state index in [1.807, 2.05) is 12.1 Å². The fourth-order valence-corrected chi connectivity index (χ4v) is 2.28. The number of nitrogens with one attached hydrogen (secondary N) is 1. The fourth-order valence-electron chi connectivity index (χ4n) is 2.28. The van der Waals surface area contributed by atoms with Crippen LogP contribution < -0.4 is 5.32 Å². The van der Waals surface area contributed by atoms with E-state index in [-0.39, 0.29) is 5.82 Å². The molecule has 0 aliphatic rings. The van der Waals surface area contributed by atoms with Crippen molar-refractivity contribution in [3.05, 3.63) is 35.6 Å². The Bertz CT molecular complexity index is 307. The smallest absolute Gasteiger partial charge is 0.123 e. The third kappa shape index (κ3) is 5.63. The highest BCUT2D eigenvalue weighted by atomic mass is 19.1. The van der Waals surface area contributed by atoms with Gasteiger partial charge in [-0.15, -0.1) is 0 Å². The second-order valence-corrected chi connectivity index (χ2v) is 4.86. The number of hydrogen-bond donors (Lipinski definition) is 1. The van der Waals surface area contributed by atoms with Gasteiger partial charge in [0.2, 0.25) is 0 Å². The molecule has 1 rings (SSSR count). The lowest BCUT2D eigenvalue weighted by Crippen LogP contribution is -2.20. The van der Waals surface area contributed by atoms with Crippen molar-refractivity contribution in [2.75, 3.05) is 6.54 Å². The average Bonchev–Trinajstić information content (AvgIpc) is 2.38. The van der Waals surface area contributed by atoms with E-state index in [2.05, 4.69) is 19.2 Å². The molecule has 0 saturated carbocycles. The lowest BCUT2D eigenvalue weighted by atomic mass is 9.99. The average molecular weight is 251 g/mol. The lowest BCUT2D eigenvalue weighted by molar-refractivity contribution is 0.478. The molecule has 0 spiro atoms. The molecule has 1 unspecified atom stereocenters. The highest BCUT2D eigenvalue weighted by molar-refractivity contribution is 5.19. The van der Waals surface area contributed by atoms with Crippen LogP contribution in [0.2, 0.25) is 0 Å². The van der Waals surface area contributed by atoms with Gasteiger partial charge in [0.05, 0.1) is 0 Å². The van der Waals surface area contributed by atoms with Gasteiger partial charge < -0.3 is 5.32 Å². The van der Waals surface area contributed by atoms with Crippen LogP contribution in [-0.2, 0) is 0 Å². The SMILES string of the molecule is CCCCCCCC(NCC)c1ccc(F)cc1. The third-order valence-corrected chi connectivity index (χ3v) is 3.32. The van der Waals surface area contributed by atoms with E-state index in [1.165, 1.54) is 37.7 Å². The third-order valence-electron chi connectivity index (χ3n) is 3.32. The van der Waals surface area contributed by atoms with Gasteiger partial charge in [-0.2, -0.15) is 0 Å². The maximum absolute atomic E-state index is 12.9. The summed E-state index contributed by atoms with van der Waals surface area (Å²) in [7, 11) is 0. The first kappa shape index (κ1) is 15.2. The predicted octanol–water partition coefficient (Wildman–Crippen LogP) is 4.84. The second kappa shape index (κ2) is 9.09. The quantitative estimate of drug-likeness (QED) is 0.619. The van der Waals surface area contributed by atoms with Gasteiger partial charge in [0.1, 0.15) is 5.82 Å². The van der Waals surface area contributed by atoms with Gasteiger partial charge in [-0.3, -0.25) is 0 Å². The first-order chi connectivity index (χ1) is 8.77. The molecule has 0 radical (unpaired) electrons. The molecule has 2 heteroatoms. The molecule has 0 saturated heterocycles. The highest BCUT2D eigenvalue weighted by Gasteiger charge is 2.09. The van der Waals surface area contributed by atoms with E-state index in [9.17, 15) is 4.39 Å². The van der Waals surface area contributed by atoms with E-state index in [0.717, 1.165) is 13.0 Å². The molecule has 0 bridgehead atoms. The molecule has 0 heterocycles. The van der Waals surface area contributed by atoms with Crippen LogP contribution in [0.5, 0.6) is 0 Å². The molecule has 18 heavy (non-hydrogen) atoms. The van der Waals surface area contributed by atoms with E-state index < -0.39 is 0 Å². The molecule has 1 aromatic carbocycles. The summed E-state index contributed by atoms with van der Waals surface area (Å²) in [5.74, 6) is -0.156. The van der Waals surface area contributed by atoms with Crippen LogP contribution >= 0.6 is 0 Å². The van der Waals surface area contributed by atoms with Crippen LogP contribution in [0.1, 0.15) is 64.0 Å². The molecule has 102 valence electrons. The minimum atomic E-state index is -0.156. The minimum Gasteiger partial charge on any atom is -0.310 e. The van der Waals surface area contributed by atoms with Gasteiger partial charge in [0.15, 0.2) is 0 Å². The molecule has 1 nitrogen and oxygen atoms in total. The molecule has 0 aliphatic heterocycles. The minimum absolute atomic E-state index is 0.156. The predicted molar refractivity (Wildman–Crippen MR) is 76.2 cm³/mol. The topological polar surface area (TPSA) is 12.0 Å². The zero-order valence-electron chi connectivity index (χ0n) is 11.7. The Labute approximate surface area is 111 Å². The molecule has 0 fully saturated rings. The largest absolute Gasteiger partial charge is 0.310 e. The van der Waals surface area contributed by atoms with Crippen molar-refractivity contribution in [2.24, 2.45) is 0 Å². The maximum Gasteiger partial charge on any atom is 0.123 e. The van der Waals surface area contributed by atoms with Crippen molar-refractivity contribution < 1.29 is 4.39 Å². The standard InChI is InChI=1S/C16H26FN/c1-3-5-6-7-8-9-16(18-4-2)14-10-12-15(17)13-11-14/h10-13,16,18H,3-9H2,1-2H3. The Kier molecular flexibility index (Phi) is 7.66. The number of halogens is 1. The molecular formula is C16H26FN. The fraction of sp³-hybridized carbons (Fsp3) is 0.625. The summed E-state index contributed by atoms with van der Waals surface area (Å²) in [5.41, 5.74) is 1.20. The summed E-state index contributed by atoms with van der Waals surface area (Å²) < 4.78 is 12.9. The summed E-state index contributed by atoms with van der Waals surface area (Å²) in [6, 6.07) is 7.27. The van der Waals surface area contributed by atoms with Crippen LogP contribution in [0.25, 0.3) is 0 Å². The summed E-state index contributed by atoms with van der Waals surface area (Å²) in [6.45, 7) is 5.31. The second-order valence-electron chi connectivity index (χ2n) is 4.86. The van der Waals surface area contributed by atoms with Crippen molar-refractivity contribution >= 4 is 0 Å². The van der Waals surface area contributed by atoms with Gasteiger partial charge in [-0.1, -0.05) is 58.1 Å². The number of rotatable bonds is 9. The Morgan fingerprint density at radius 1 is 1.00 bits per heavy atom. The maximum atomic E-state index is 12.9. The zero-order chi connectivity index (χ0) is 13.2. The Morgan fingerprint density at radius 2 is 1.67 bits per heavy atom. The Balaban J connectivity index is 2.41. The van der Waals surface area contributed by atoms with E-state index in [0.29, 0.717) is 6.04 Å². The van der Waals surface area contributed by atoms with E-state index in [1.54, 1.807) is 12.1 Å². The normalized spacial score (nSPS) is 12.6. The lowest BCUT2D eigenvalue weighted by Gasteiger charge is -2.18. The zero-order valence-corrected chi connectivity index (χ0v) is 11.7. The summed E-state index contributed by atoms with van der Waals surface area (Å²) >= 11 is 0. The van der Waals surface area contributed by atoms with Crippen molar-refractivity contribution in [3.63, 3.8) is 0 Å². The monoisotopic (exact) mass is 251 g/mol. The number of unbranched alkanes of at least 4 members (excludes halogenated alkanes) is 4. The van der Waals surface area contributed by atoms with Crippen molar-refractivity contribution in [1.82, 2.24) is 5.32 Å². The van der Waals surface area contributed by atoms with E-state index >= 15 is 0 Å². The molecule has 1 atom stereocenters. The van der Waals surface area contributed by atoms with Crippen LogP contribution in [-0.4, -0.2) is 6.54 Å². The Morgan fingerprint density at radius 3 is 2.28 bits per heavy atom. The van der Waals surface area contributed by atoms with Gasteiger partial charge in [-0.05, 0) is 30.7 Å². The van der Waals surface area contributed by atoms with Crippen LogP contribution in [0.3, 0.4) is 0 Å². The first-order valence-corrected chi connectivity index (χ1v) is 7.26. The molecule has 0 aliphatic carbocycles. The van der Waals surface area contributed by atoms with Crippen molar-refractivity contribution in [2.45, 2.75) is 58.4 Å². The molecule has 0 amide bonds. The van der Waals surface area contributed by atoms with Crippen LogP contribution in [0.15, 0.2) is 24.3 Å². The summed E-state index contributed by atoms with van der Waals surface area (Å²) in [4.78, 5) is 0. The number of hydrogen-bond acceptors (Lipinski definition) is 1. The van der Waals surface area contributed by atoms with Crippen LogP contribution in [0, 0.1) is 5.82 Å². The molecule has 1 aromatic rings.